The van der Waals surface area contributed by atoms with Crippen LogP contribution in [0.2, 0.25) is 0 Å². The summed E-state index contributed by atoms with van der Waals surface area (Å²) in [5, 5.41) is 12.1. The van der Waals surface area contributed by atoms with Crippen LogP contribution in [-0.2, 0) is 4.74 Å². The van der Waals surface area contributed by atoms with E-state index in [0.29, 0.717) is 13.1 Å². The number of hydrogen-bond acceptors (Lipinski definition) is 4. The number of hydrogen-bond donors (Lipinski definition) is 2. The van der Waals surface area contributed by atoms with Crippen molar-refractivity contribution in [3.63, 3.8) is 0 Å². The second kappa shape index (κ2) is 4.14. The van der Waals surface area contributed by atoms with Crippen molar-refractivity contribution in [2.45, 2.75) is 25.0 Å². The van der Waals surface area contributed by atoms with E-state index in [0.717, 1.165) is 25.9 Å². The molecule has 0 bridgehead atoms. The first kappa shape index (κ1) is 9.73. The Morgan fingerprint density at radius 1 is 1.64 bits per heavy atom. The Labute approximate surface area is 83.0 Å². The molecule has 2 rings (SSSR count). The van der Waals surface area contributed by atoms with Crippen LogP contribution < -0.4 is 5.32 Å². The van der Waals surface area contributed by atoms with Gasteiger partial charge in [0.2, 0.25) is 0 Å². The van der Waals surface area contributed by atoms with Crippen LogP contribution in [0.15, 0.2) is 0 Å². The maximum Gasteiger partial charge on any atom is 0.407 e. The molecular formula is C9H16N2O3. The second-order valence-electron chi connectivity index (χ2n) is 3.96. The van der Waals surface area contributed by atoms with Gasteiger partial charge in [0.05, 0.1) is 12.6 Å². The summed E-state index contributed by atoms with van der Waals surface area (Å²) in [7, 11) is 0. The van der Waals surface area contributed by atoms with E-state index < -0.39 is 0 Å². The predicted molar refractivity (Wildman–Crippen MR) is 50.0 cm³/mol. The van der Waals surface area contributed by atoms with Crippen molar-refractivity contribution in [2.24, 2.45) is 0 Å². The number of nitrogens with one attached hydrogen (secondary N) is 1. The predicted octanol–water partition coefficient (Wildman–Crippen LogP) is -0.449. The zero-order valence-electron chi connectivity index (χ0n) is 8.11. The molecule has 0 aromatic heterocycles. The van der Waals surface area contributed by atoms with E-state index in [4.69, 9.17) is 4.74 Å². The Kier molecular flexibility index (Phi) is 2.88. The van der Waals surface area contributed by atoms with Crippen LogP contribution in [0.4, 0.5) is 4.79 Å². The van der Waals surface area contributed by atoms with Crippen molar-refractivity contribution >= 4 is 6.09 Å². The SMILES string of the molecule is O=C1NCC(CN2CCC[C@H](O)C2)O1. The van der Waals surface area contributed by atoms with Gasteiger partial charge < -0.3 is 15.2 Å². The monoisotopic (exact) mass is 200 g/mol. The third kappa shape index (κ3) is 2.36. The molecule has 0 saturated carbocycles. The van der Waals surface area contributed by atoms with Crippen molar-refractivity contribution in [1.29, 1.82) is 0 Å². The first-order chi connectivity index (χ1) is 6.74. The number of nitrogens with zero attached hydrogens (tertiary/aromatic N) is 1. The Morgan fingerprint density at radius 3 is 3.14 bits per heavy atom. The van der Waals surface area contributed by atoms with Gasteiger partial charge in [-0.1, -0.05) is 0 Å². The quantitative estimate of drug-likeness (QED) is 0.634. The molecule has 0 aromatic carbocycles. The number of carbonyl (C=O) groups is 1. The normalized spacial score (nSPS) is 33.9. The molecule has 2 atom stereocenters. The number of β-amino-alcohol motifs (C(OH)–C–C–N with tert-alkyl or cyclic N) is 1. The lowest BCUT2D eigenvalue weighted by Gasteiger charge is -2.30. The summed E-state index contributed by atoms with van der Waals surface area (Å²) in [5.74, 6) is 0. The van der Waals surface area contributed by atoms with Crippen LogP contribution in [0.3, 0.4) is 0 Å². The van der Waals surface area contributed by atoms with Crippen molar-refractivity contribution in [1.82, 2.24) is 10.2 Å². The maximum atomic E-state index is 10.8. The molecule has 14 heavy (non-hydrogen) atoms. The van der Waals surface area contributed by atoms with E-state index >= 15 is 0 Å². The smallest absolute Gasteiger partial charge is 0.407 e. The minimum Gasteiger partial charge on any atom is -0.443 e. The summed E-state index contributed by atoms with van der Waals surface area (Å²) in [6.07, 6.45) is 1.32. The summed E-state index contributed by atoms with van der Waals surface area (Å²) in [5.41, 5.74) is 0. The van der Waals surface area contributed by atoms with E-state index in [1.54, 1.807) is 0 Å². The van der Waals surface area contributed by atoms with Crippen LogP contribution >= 0.6 is 0 Å². The first-order valence-electron chi connectivity index (χ1n) is 5.09. The summed E-state index contributed by atoms with van der Waals surface area (Å²) >= 11 is 0. The number of alkyl carbamates (subject to hydrolysis) is 1. The number of rotatable bonds is 2. The molecule has 2 saturated heterocycles. The topological polar surface area (TPSA) is 61.8 Å². The van der Waals surface area contributed by atoms with Crippen molar-refractivity contribution < 1.29 is 14.6 Å². The summed E-state index contributed by atoms with van der Waals surface area (Å²) < 4.78 is 5.03. The lowest BCUT2D eigenvalue weighted by Crippen LogP contribution is -2.43. The van der Waals surface area contributed by atoms with Gasteiger partial charge in [0.25, 0.3) is 0 Å². The molecule has 2 heterocycles. The molecule has 80 valence electrons. The number of aliphatic hydroxyl groups is 1. The van der Waals surface area contributed by atoms with Gasteiger partial charge in [-0.3, -0.25) is 4.90 Å². The number of carbonyl (C=O) groups excluding carboxylic acids is 1. The lowest BCUT2D eigenvalue weighted by atomic mass is 10.1. The van der Waals surface area contributed by atoms with E-state index in [-0.39, 0.29) is 18.3 Å². The highest BCUT2D eigenvalue weighted by molar-refractivity contribution is 5.69. The van der Waals surface area contributed by atoms with Crippen LogP contribution in [0, 0.1) is 0 Å². The highest BCUT2D eigenvalue weighted by atomic mass is 16.6. The fourth-order valence-corrected chi connectivity index (χ4v) is 2.02. The van der Waals surface area contributed by atoms with Crippen molar-refractivity contribution in [3.8, 4) is 0 Å². The molecule has 0 spiro atoms. The summed E-state index contributed by atoms with van der Waals surface area (Å²) in [6.45, 7) is 3.01. The Bertz CT molecular complexity index is 222. The Hall–Kier alpha value is -0.810. The number of cyclic esters (lactones) is 1. The van der Waals surface area contributed by atoms with Gasteiger partial charge in [0.15, 0.2) is 0 Å². The van der Waals surface area contributed by atoms with E-state index in [2.05, 4.69) is 10.2 Å². The van der Waals surface area contributed by atoms with E-state index in [1.165, 1.54) is 0 Å². The molecular weight excluding hydrogens is 184 g/mol. The molecule has 1 unspecified atom stereocenters. The molecule has 0 radical (unpaired) electrons. The zero-order valence-corrected chi connectivity index (χ0v) is 8.11. The van der Waals surface area contributed by atoms with E-state index in [1.807, 2.05) is 0 Å². The number of piperidine rings is 1. The minimum absolute atomic E-state index is 0.0483. The first-order valence-corrected chi connectivity index (χ1v) is 5.09. The molecule has 1 amide bonds. The molecule has 0 aromatic rings. The number of likely N-dealkylation sites (tertiary alicyclic amines) is 1. The highest BCUT2D eigenvalue weighted by Crippen LogP contribution is 2.11. The van der Waals surface area contributed by atoms with Gasteiger partial charge in [0.1, 0.15) is 6.10 Å². The molecule has 2 aliphatic heterocycles. The number of amides is 1. The molecule has 2 aliphatic rings. The standard InChI is InChI=1S/C9H16N2O3/c12-7-2-1-3-11(5-7)6-8-4-10-9(13)14-8/h7-8,12H,1-6H2,(H,10,13)/t7-,8?/m0/s1. The summed E-state index contributed by atoms with van der Waals surface area (Å²) in [4.78, 5) is 12.9. The zero-order chi connectivity index (χ0) is 9.97. The Balaban J connectivity index is 1.76. The van der Waals surface area contributed by atoms with Crippen LogP contribution in [0.25, 0.3) is 0 Å². The maximum absolute atomic E-state index is 10.8. The van der Waals surface area contributed by atoms with Gasteiger partial charge in [-0.15, -0.1) is 0 Å². The van der Waals surface area contributed by atoms with Gasteiger partial charge in [-0.2, -0.15) is 0 Å². The summed E-state index contributed by atoms with van der Waals surface area (Å²) in [6, 6.07) is 0. The molecule has 2 N–H and O–H groups in total. The van der Waals surface area contributed by atoms with Gasteiger partial charge in [-0.25, -0.2) is 4.79 Å². The molecule has 5 heteroatoms. The molecule has 2 fully saturated rings. The van der Waals surface area contributed by atoms with Crippen molar-refractivity contribution in [2.75, 3.05) is 26.2 Å². The largest absolute Gasteiger partial charge is 0.443 e. The number of aliphatic hydroxyl groups excluding tert-OH is 1. The Morgan fingerprint density at radius 2 is 2.50 bits per heavy atom. The van der Waals surface area contributed by atoms with Crippen LogP contribution in [0.5, 0.6) is 0 Å². The number of ether oxygens (including phenoxy) is 1. The third-order valence-electron chi connectivity index (χ3n) is 2.69. The average molecular weight is 200 g/mol. The van der Waals surface area contributed by atoms with Gasteiger partial charge in [-0.05, 0) is 19.4 Å². The lowest BCUT2D eigenvalue weighted by molar-refractivity contribution is 0.0443. The van der Waals surface area contributed by atoms with Crippen LogP contribution in [0.1, 0.15) is 12.8 Å². The molecule has 5 nitrogen and oxygen atoms in total. The van der Waals surface area contributed by atoms with Crippen LogP contribution in [-0.4, -0.2) is 54.5 Å². The van der Waals surface area contributed by atoms with Gasteiger partial charge in [0, 0.05) is 13.1 Å². The fraction of sp³-hybridized carbons (Fsp3) is 0.889. The fourth-order valence-electron chi connectivity index (χ4n) is 2.02. The average Bonchev–Trinajstić information content (AvgIpc) is 2.51. The second-order valence-corrected chi connectivity index (χ2v) is 3.96. The van der Waals surface area contributed by atoms with Crippen molar-refractivity contribution in [3.05, 3.63) is 0 Å². The highest BCUT2D eigenvalue weighted by Gasteiger charge is 2.26. The minimum atomic E-state index is -0.326. The van der Waals surface area contributed by atoms with E-state index in [9.17, 15) is 9.90 Å². The molecule has 0 aliphatic carbocycles. The third-order valence-corrected chi connectivity index (χ3v) is 2.69. The van der Waals surface area contributed by atoms with Gasteiger partial charge >= 0.3 is 6.09 Å².